The van der Waals surface area contributed by atoms with Crippen LogP contribution in [0, 0.1) is 17.1 Å². The molecule has 0 atom stereocenters. The molecular formula is C8H5BrFN. The van der Waals surface area contributed by atoms with Gasteiger partial charge in [-0.25, -0.2) is 4.39 Å². The standard InChI is InChI=1S/C8H5BrFN/c9-7-3-1-2-6(4-5-11)8(7)10/h1-3H,4H2. The molecule has 56 valence electrons. The Labute approximate surface area is 72.6 Å². The fraction of sp³-hybridized carbons (Fsp3) is 0.125. The van der Waals surface area contributed by atoms with Gasteiger partial charge in [-0.2, -0.15) is 5.26 Å². The second-order valence-corrected chi connectivity index (χ2v) is 2.90. The van der Waals surface area contributed by atoms with E-state index in [-0.39, 0.29) is 12.2 Å². The molecule has 0 aliphatic rings. The Bertz CT molecular complexity index is 303. The summed E-state index contributed by atoms with van der Waals surface area (Å²) in [5.41, 5.74) is 0.432. The molecule has 0 amide bonds. The molecule has 0 saturated heterocycles. The van der Waals surface area contributed by atoms with E-state index < -0.39 is 0 Å². The Balaban J connectivity index is 3.08. The first-order valence-electron chi connectivity index (χ1n) is 3.05. The Kier molecular flexibility index (Phi) is 2.61. The molecule has 1 nitrogen and oxygen atoms in total. The molecule has 0 radical (unpaired) electrons. The van der Waals surface area contributed by atoms with Crippen molar-refractivity contribution in [3.05, 3.63) is 34.1 Å². The third-order valence-corrected chi connectivity index (χ3v) is 1.91. The van der Waals surface area contributed by atoms with Crippen LogP contribution >= 0.6 is 15.9 Å². The fourth-order valence-corrected chi connectivity index (χ4v) is 1.18. The van der Waals surface area contributed by atoms with E-state index in [4.69, 9.17) is 5.26 Å². The maximum absolute atomic E-state index is 13.0. The third kappa shape index (κ3) is 1.78. The first kappa shape index (κ1) is 8.22. The third-order valence-electron chi connectivity index (χ3n) is 1.30. The van der Waals surface area contributed by atoms with Crippen LogP contribution in [-0.2, 0) is 6.42 Å². The number of rotatable bonds is 1. The van der Waals surface area contributed by atoms with E-state index >= 15 is 0 Å². The number of halogens is 2. The van der Waals surface area contributed by atoms with Crippen molar-refractivity contribution in [3.63, 3.8) is 0 Å². The summed E-state index contributed by atoms with van der Waals surface area (Å²) < 4.78 is 13.4. The molecule has 11 heavy (non-hydrogen) atoms. The van der Waals surface area contributed by atoms with Crippen LogP contribution in [0.4, 0.5) is 4.39 Å². The summed E-state index contributed by atoms with van der Waals surface area (Å²) >= 11 is 3.03. The molecule has 1 aromatic carbocycles. The summed E-state index contributed by atoms with van der Waals surface area (Å²) in [5, 5.41) is 8.30. The van der Waals surface area contributed by atoms with Crippen molar-refractivity contribution in [2.75, 3.05) is 0 Å². The normalized spacial score (nSPS) is 9.18. The van der Waals surface area contributed by atoms with Gasteiger partial charge in [0.2, 0.25) is 0 Å². The summed E-state index contributed by atoms with van der Waals surface area (Å²) in [6.45, 7) is 0. The largest absolute Gasteiger partial charge is 0.205 e. The zero-order valence-electron chi connectivity index (χ0n) is 5.64. The molecular weight excluding hydrogens is 209 g/mol. The summed E-state index contributed by atoms with van der Waals surface area (Å²) in [7, 11) is 0. The first-order valence-corrected chi connectivity index (χ1v) is 3.85. The lowest BCUT2D eigenvalue weighted by Gasteiger charge is -1.97. The predicted octanol–water partition coefficient (Wildman–Crippen LogP) is 2.65. The van der Waals surface area contributed by atoms with Gasteiger partial charge in [-0.15, -0.1) is 0 Å². The van der Waals surface area contributed by atoms with Crippen LogP contribution in [0.25, 0.3) is 0 Å². The Morgan fingerprint density at radius 2 is 2.27 bits per heavy atom. The molecule has 0 fully saturated rings. The van der Waals surface area contributed by atoms with Gasteiger partial charge in [-0.1, -0.05) is 12.1 Å². The van der Waals surface area contributed by atoms with Gasteiger partial charge in [0.15, 0.2) is 0 Å². The lowest BCUT2D eigenvalue weighted by atomic mass is 10.1. The average Bonchev–Trinajstić information content (AvgIpc) is 1.99. The van der Waals surface area contributed by atoms with Crippen molar-refractivity contribution in [3.8, 4) is 6.07 Å². The molecule has 0 aliphatic carbocycles. The van der Waals surface area contributed by atoms with Crippen LogP contribution < -0.4 is 0 Å². The van der Waals surface area contributed by atoms with Gasteiger partial charge in [-0.05, 0) is 22.0 Å². The second-order valence-electron chi connectivity index (χ2n) is 2.05. The SMILES string of the molecule is N#CCc1cccc(Br)c1F. The van der Waals surface area contributed by atoms with Crippen molar-refractivity contribution in [1.82, 2.24) is 0 Å². The van der Waals surface area contributed by atoms with Gasteiger partial charge in [0.25, 0.3) is 0 Å². The minimum absolute atomic E-state index is 0.116. The molecule has 0 aliphatic heterocycles. The van der Waals surface area contributed by atoms with Gasteiger partial charge in [0, 0.05) is 5.56 Å². The predicted molar refractivity (Wildman–Crippen MR) is 43.4 cm³/mol. The second kappa shape index (κ2) is 3.49. The molecule has 3 heteroatoms. The summed E-state index contributed by atoms with van der Waals surface area (Å²) in [4.78, 5) is 0. The maximum Gasteiger partial charge on any atom is 0.141 e. The van der Waals surface area contributed by atoms with Crippen LogP contribution in [0.5, 0.6) is 0 Å². The summed E-state index contributed by atoms with van der Waals surface area (Å²) in [5.74, 6) is -0.339. The minimum Gasteiger partial charge on any atom is -0.205 e. The highest BCUT2D eigenvalue weighted by atomic mass is 79.9. The van der Waals surface area contributed by atoms with E-state index in [1.807, 2.05) is 6.07 Å². The van der Waals surface area contributed by atoms with Crippen molar-refractivity contribution in [2.45, 2.75) is 6.42 Å². The summed E-state index contributed by atoms with van der Waals surface area (Å²) in [6.07, 6.45) is 0.116. The lowest BCUT2D eigenvalue weighted by Crippen LogP contribution is -1.88. The molecule has 0 heterocycles. The number of nitrogens with zero attached hydrogens (tertiary/aromatic N) is 1. The van der Waals surface area contributed by atoms with Crippen LogP contribution in [0.1, 0.15) is 5.56 Å². The quantitative estimate of drug-likeness (QED) is 0.704. The van der Waals surface area contributed by atoms with Gasteiger partial charge in [-0.3, -0.25) is 0 Å². The maximum atomic E-state index is 13.0. The molecule has 1 aromatic rings. The van der Waals surface area contributed by atoms with E-state index in [1.54, 1.807) is 18.2 Å². The van der Waals surface area contributed by atoms with Crippen LogP contribution in [0.15, 0.2) is 22.7 Å². The monoisotopic (exact) mass is 213 g/mol. The highest BCUT2D eigenvalue weighted by Gasteiger charge is 2.03. The molecule has 0 spiro atoms. The molecule has 0 aromatic heterocycles. The van der Waals surface area contributed by atoms with Gasteiger partial charge >= 0.3 is 0 Å². The molecule has 0 N–H and O–H groups in total. The van der Waals surface area contributed by atoms with E-state index in [2.05, 4.69) is 15.9 Å². The highest BCUT2D eigenvalue weighted by Crippen LogP contribution is 2.18. The van der Waals surface area contributed by atoms with Gasteiger partial charge in [0.1, 0.15) is 5.82 Å². The molecule has 0 saturated carbocycles. The number of hydrogen-bond donors (Lipinski definition) is 0. The minimum atomic E-state index is -0.339. The Morgan fingerprint density at radius 3 is 2.91 bits per heavy atom. The molecule has 0 unspecified atom stereocenters. The topological polar surface area (TPSA) is 23.8 Å². The highest BCUT2D eigenvalue weighted by molar-refractivity contribution is 9.10. The fourth-order valence-electron chi connectivity index (χ4n) is 0.770. The van der Waals surface area contributed by atoms with Crippen molar-refractivity contribution in [2.24, 2.45) is 0 Å². The van der Waals surface area contributed by atoms with Crippen molar-refractivity contribution >= 4 is 15.9 Å². The average molecular weight is 214 g/mol. The number of nitriles is 1. The van der Waals surface area contributed by atoms with E-state index in [0.29, 0.717) is 10.0 Å². The number of hydrogen-bond acceptors (Lipinski definition) is 1. The molecule has 1 rings (SSSR count). The number of benzene rings is 1. The van der Waals surface area contributed by atoms with E-state index in [1.165, 1.54) is 0 Å². The van der Waals surface area contributed by atoms with Crippen LogP contribution in [0.2, 0.25) is 0 Å². The zero-order chi connectivity index (χ0) is 8.27. The van der Waals surface area contributed by atoms with E-state index in [0.717, 1.165) is 0 Å². The van der Waals surface area contributed by atoms with Gasteiger partial charge < -0.3 is 0 Å². The van der Waals surface area contributed by atoms with E-state index in [9.17, 15) is 4.39 Å². The van der Waals surface area contributed by atoms with Crippen molar-refractivity contribution < 1.29 is 4.39 Å². The van der Waals surface area contributed by atoms with Crippen LogP contribution in [0.3, 0.4) is 0 Å². The Morgan fingerprint density at radius 1 is 1.55 bits per heavy atom. The summed E-state index contributed by atoms with van der Waals surface area (Å²) in [6, 6.07) is 6.81. The lowest BCUT2D eigenvalue weighted by molar-refractivity contribution is 0.608. The first-order chi connectivity index (χ1) is 5.25. The van der Waals surface area contributed by atoms with Gasteiger partial charge in [0.05, 0.1) is 17.0 Å². The Hall–Kier alpha value is -0.880. The van der Waals surface area contributed by atoms with Crippen molar-refractivity contribution in [1.29, 1.82) is 5.26 Å². The molecule has 0 bridgehead atoms. The smallest absolute Gasteiger partial charge is 0.141 e. The zero-order valence-corrected chi connectivity index (χ0v) is 7.23. The van der Waals surface area contributed by atoms with Crippen LogP contribution in [-0.4, -0.2) is 0 Å².